The van der Waals surface area contributed by atoms with E-state index in [0.29, 0.717) is 33.3 Å². The Morgan fingerprint density at radius 1 is 1.19 bits per heavy atom. The molecule has 0 amide bonds. The van der Waals surface area contributed by atoms with Crippen molar-refractivity contribution in [2.75, 3.05) is 7.11 Å². The van der Waals surface area contributed by atoms with Crippen molar-refractivity contribution in [2.24, 2.45) is 4.99 Å². The third kappa shape index (κ3) is 4.45. The molecule has 7 heteroatoms. The first-order valence-corrected chi connectivity index (χ1v) is 11.8. The van der Waals surface area contributed by atoms with Gasteiger partial charge < -0.3 is 14.3 Å². The highest BCUT2D eigenvalue weighted by molar-refractivity contribution is 9.13. The van der Waals surface area contributed by atoms with Crippen molar-refractivity contribution < 1.29 is 14.3 Å². The number of halogens is 2. The maximum Gasteiger partial charge on any atom is 0.227 e. The number of rotatable bonds is 6. The minimum absolute atomic E-state index is 0.0125. The number of aliphatic imine (C=N–C) groups is 1. The first-order valence-electron chi connectivity index (χ1n) is 10.2. The van der Waals surface area contributed by atoms with Gasteiger partial charge in [0.15, 0.2) is 17.1 Å². The molecule has 1 atom stereocenters. The Bertz CT molecular complexity index is 1310. The summed E-state index contributed by atoms with van der Waals surface area (Å²) in [5.41, 5.74) is 4.92. The molecule has 0 radical (unpaired) electrons. The molecule has 0 spiro atoms. The number of aromatic nitrogens is 1. The highest BCUT2D eigenvalue weighted by atomic mass is 79.9. The molecule has 0 aliphatic heterocycles. The highest BCUT2D eigenvalue weighted by Crippen LogP contribution is 2.39. The van der Waals surface area contributed by atoms with E-state index in [1.165, 1.54) is 12.7 Å². The van der Waals surface area contributed by atoms with Gasteiger partial charge in [-0.2, -0.15) is 0 Å². The number of hydrogen-bond donors (Lipinski definition) is 1. The topological polar surface area (TPSA) is 67.9 Å². The van der Waals surface area contributed by atoms with Crippen molar-refractivity contribution in [1.82, 2.24) is 4.98 Å². The number of aromatic hydroxyl groups is 1. The number of methoxy groups -OCH3 is 1. The second kappa shape index (κ2) is 9.46. The monoisotopic (exact) mass is 556 g/mol. The molecule has 0 unspecified atom stereocenters. The second-order valence-electron chi connectivity index (χ2n) is 7.50. The lowest BCUT2D eigenvalue weighted by molar-refractivity contribution is 0.372. The van der Waals surface area contributed by atoms with Crippen LogP contribution in [0.15, 0.2) is 66.9 Å². The molecule has 1 heterocycles. The van der Waals surface area contributed by atoms with Gasteiger partial charge in [-0.15, -0.1) is 0 Å². The van der Waals surface area contributed by atoms with Crippen LogP contribution in [0.5, 0.6) is 11.5 Å². The number of ether oxygens (including phenoxy) is 1. The number of fused-ring (bicyclic) bond motifs is 1. The van der Waals surface area contributed by atoms with Crippen LogP contribution in [0.2, 0.25) is 0 Å². The number of oxazole rings is 1. The van der Waals surface area contributed by atoms with Crippen molar-refractivity contribution >= 4 is 54.9 Å². The fraction of sp³-hybridized carbons (Fsp3) is 0.200. The molecule has 0 aliphatic carbocycles. The summed E-state index contributed by atoms with van der Waals surface area (Å²) in [6.45, 7) is 4.39. The van der Waals surface area contributed by atoms with Crippen molar-refractivity contribution in [3.05, 3.63) is 68.6 Å². The Hall–Kier alpha value is -2.64. The Labute approximate surface area is 203 Å². The van der Waals surface area contributed by atoms with Crippen LogP contribution in [-0.4, -0.2) is 23.4 Å². The van der Waals surface area contributed by atoms with Crippen LogP contribution in [0.3, 0.4) is 0 Å². The van der Waals surface area contributed by atoms with Crippen LogP contribution >= 0.6 is 31.9 Å². The van der Waals surface area contributed by atoms with E-state index in [-0.39, 0.29) is 5.75 Å². The minimum Gasteiger partial charge on any atom is -0.504 e. The fourth-order valence-corrected chi connectivity index (χ4v) is 4.18. The Morgan fingerprint density at radius 3 is 2.75 bits per heavy atom. The van der Waals surface area contributed by atoms with Crippen LogP contribution < -0.4 is 4.74 Å². The van der Waals surface area contributed by atoms with Crippen LogP contribution in [0.4, 0.5) is 5.69 Å². The van der Waals surface area contributed by atoms with Gasteiger partial charge in [0, 0.05) is 20.7 Å². The molecule has 1 aromatic heterocycles. The molecule has 0 aliphatic rings. The summed E-state index contributed by atoms with van der Waals surface area (Å²) in [7, 11) is 1.51. The maximum atomic E-state index is 10.5. The summed E-state index contributed by atoms with van der Waals surface area (Å²) in [5, 5.41) is 10.5. The van der Waals surface area contributed by atoms with Crippen molar-refractivity contribution in [2.45, 2.75) is 26.2 Å². The SMILES string of the molecule is CC[C@H](C)c1ccc2oc(-c3cccc(N=Cc4c(O)c(OC)cc(Br)c4Br)c3)nc2c1. The van der Waals surface area contributed by atoms with Gasteiger partial charge in [-0.1, -0.05) is 26.0 Å². The molecule has 5 nitrogen and oxygen atoms in total. The van der Waals surface area contributed by atoms with Gasteiger partial charge in [0.05, 0.1) is 18.4 Å². The van der Waals surface area contributed by atoms with Crippen molar-refractivity contribution in [3.63, 3.8) is 0 Å². The van der Waals surface area contributed by atoms with Crippen LogP contribution in [0.1, 0.15) is 37.3 Å². The van der Waals surface area contributed by atoms with E-state index in [2.05, 4.69) is 62.8 Å². The molecule has 164 valence electrons. The molecule has 0 saturated heterocycles. The lowest BCUT2D eigenvalue weighted by Crippen LogP contribution is -1.91. The molecule has 0 fully saturated rings. The number of benzene rings is 3. The average Bonchev–Trinajstić information content (AvgIpc) is 3.24. The number of phenolic OH excluding ortho intramolecular Hbond substituents is 1. The zero-order chi connectivity index (χ0) is 22.8. The molecular formula is C25H22Br2N2O3. The molecule has 4 rings (SSSR count). The van der Waals surface area contributed by atoms with E-state index in [9.17, 15) is 5.11 Å². The van der Waals surface area contributed by atoms with Gasteiger partial charge in [-0.3, -0.25) is 4.99 Å². The second-order valence-corrected chi connectivity index (χ2v) is 9.15. The smallest absolute Gasteiger partial charge is 0.227 e. The van der Waals surface area contributed by atoms with Gasteiger partial charge in [0.1, 0.15) is 5.52 Å². The Balaban J connectivity index is 1.67. The normalized spacial score (nSPS) is 12.5. The molecule has 4 aromatic rings. The molecular weight excluding hydrogens is 536 g/mol. The quantitative estimate of drug-likeness (QED) is 0.244. The summed E-state index contributed by atoms with van der Waals surface area (Å²) in [5.74, 6) is 1.40. The average molecular weight is 558 g/mol. The van der Waals surface area contributed by atoms with Gasteiger partial charge in [-0.05, 0) is 86.2 Å². The Kier molecular flexibility index (Phi) is 6.67. The number of nitrogens with zero attached hydrogens (tertiary/aromatic N) is 2. The van der Waals surface area contributed by atoms with E-state index in [0.717, 1.165) is 27.6 Å². The van der Waals surface area contributed by atoms with E-state index in [1.54, 1.807) is 12.3 Å². The van der Waals surface area contributed by atoms with E-state index < -0.39 is 0 Å². The van der Waals surface area contributed by atoms with E-state index in [4.69, 9.17) is 14.1 Å². The lowest BCUT2D eigenvalue weighted by Gasteiger charge is -2.09. The summed E-state index contributed by atoms with van der Waals surface area (Å²) in [4.78, 5) is 9.24. The summed E-state index contributed by atoms with van der Waals surface area (Å²) in [6, 6.07) is 15.5. The van der Waals surface area contributed by atoms with E-state index in [1.807, 2.05) is 30.3 Å². The van der Waals surface area contributed by atoms with Gasteiger partial charge in [0.2, 0.25) is 5.89 Å². The summed E-state index contributed by atoms with van der Waals surface area (Å²) in [6.07, 6.45) is 2.67. The van der Waals surface area contributed by atoms with Gasteiger partial charge in [0.25, 0.3) is 0 Å². The molecule has 32 heavy (non-hydrogen) atoms. The minimum atomic E-state index is 0.0125. The standard InChI is InChI=1S/C25H22Br2N2O3/c1-4-14(2)15-8-9-21-20(11-15)29-25(32-21)16-6-5-7-17(10-16)28-13-18-23(27)19(26)12-22(31-3)24(18)30/h5-14,30H,4H2,1-3H3/t14-/m0/s1. The van der Waals surface area contributed by atoms with Crippen LogP contribution in [0, 0.1) is 0 Å². The molecule has 1 N–H and O–H groups in total. The highest BCUT2D eigenvalue weighted by Gasteiger charge is 2.15. The number of hydrogen-bond acceptors (Lipinski definition) is 5. The zero-order valence-electron chi connectivity index (χ0n) is 17.9. The third-order valence-corrected chi connectivity index (χ3v) is 7.45. The third-order valence-electron chi connectivity index (χ3n) is 5.44. The summed E-state index contributed by atoms with van der Waals surface area (Å²) < 4.78 is 12.7. The van der Waals surface area contributed by atoms with Gasteiger partial charge in [-0.25, -0.2) is 4.98 Å². The van der Waals surface area contributed by atoms with Crippen molar-refractivity contribution in [3.8, 4) is 23.0 Å². The maximum absolute atomic E-state index is 10.5. The largest absolute Gasteiger partial charge is 0.504 e. The van der Waals surface area contributed by atoms with Crippen molar-refractivity contribution in [1.29, 1.82) is 0 Å². The molecule has 3 aromatic carbocycles. The summed E-state index contributed by atoms with van der Waals surface area (Å²) >= 11 is 6.94. The molecule has 0 saturated carbocycles. The first kappa shape index (κ1) is 22.6. The number of phenols is 1. The predicted molar refractivity (Wildman–Crippen MR) is 135 cm³/mol. The van der Waals surface area contributed by atoms with Crippen LogP contribution in [0.25, 0.3) is 22.6 Å². The predicted octanol–water partition coefficient (Wildman–Crippen LogP) is 8.00. The lowest BCUT2D eigenvalue weighted by atomic mass is 9.98. The van der Waals surface area contributed by atoms with E-state index >= 15 is 0 Å². The Morgan fingerprint density at radius 2 is 2.00 bits per heavy atom. The first-order chi connectivity index (χ1) is 15.4. The molecule has 0 bridgehead atoms. The fourth-order valence-electron chi connectivity index (χ4n) is 3.35. The zero-order valence-corrected chi connectivity index (χ0v) is 21.1. The van der Waals surface area contributed by atoms with Gasteiger partial charge >= 0.3 is 0 Å². The van der Waals surface area contributed by atoms with Crippen LogP contribution in [-0.2, 0) is 0 Å².